The van der Waals surface area contributed by atoms with Gasteiger partial charge >= 0.3 is 0 Å². The van der Waals surface area contributed by atoms with Gasteiger partial charge in [-0.25, -0.2) is 14.6 Å². The summed E-state index contributed by atoms with van der Waals surface area (Å²) in [4.78, 5) is 27.0. The molecule has 0 aliphatic carbocycles. The number of nitrogens with zero attached hydrogens (tertiary/aromatic N) is 6. The molecule has 5 rings (SSSR count). The van der Waals surface area contributed by atoms with E-state index < -0.39 is 0 Å². The van der Waals surface area contributed by atoms with Gasteiger partial charge in [-0.05, 0) is 63.9 Å². The van der Waals surface area contributed by atoms with Gasteiger partial charge in [0.05, 0.1) is 30.3 Å². The number of carbonyl (C=O) groups is 1. The van der Waals surface area contributed by atoms with Gasteiger partial charge in [-0.1, -0.05) is 18.6 Å². The predicted octanol–water partition coefficient (Wildman–Crippen LogP) is 3.74. The maximum absolute atomic E-state index is 13.3. The van der Waals surface area contributed by atoms with Crippen LogP contribution < -0.4 is 4.74 Å². The van der Waals surface area contributed by atoms with E-state index in [0.29, 0.717) is 17.6 Å². The van der Waals surface area contributed by atoms with Crippen molar-refractivity contribution in [2.24, 2.45) is 0 Å². The average Bonchev–Trinajstić information content (AvgIpc) is 3.30. The Morgan fingerprint density at radius 1 is 1.03 bits per heavy atom. The zero-order chi connectivity index (χ0) is 23.5. The molecule has 0 unspecified atom stereocenters. The van der Waals surface area contributed by atoms with Crippen LogP contribution in [0.1, 0.15) is 48.2 Å². The van der Waals surface area contributed by atoms with E-state index in [4.69, 9.17) is 9.72 Å². The normalized spacial score (nSPS) is 17.6. The molecule has 2 aliphatic rings. The Balaban J connectivity index is 1.32. The highest BCUT2D eigenvalue weighted by atomic mass is 16.5. The smallest absolute Gasteiger partial charge is 0.257 e. The van der Waals surface area contributed by atoms with E-state index in [-0.39, 0.29) is 5.91 Å². The van der Waals surface area contributed by atoms with Crippen LogP contribution in [-0.2, 0) is 0 Å². The Hall–Kier alpha value is -3.26. The standard InChI is InChI=1S/C26H32N6O2/c1-19-22(25(33)31-16-11-20(12-17-31)30-14-6-3-7-15-30)18-28-32(19)26-27-13-10-23(29-26)21-8-4-5-9-24(21)34-2/h4-5,8-10,13,18,20H,3,6-7,11-12,14-17H2,1-2H3. The molecule has 2 saturated heterocycles. The molecule has 1 aromatic carbocycles. The lowest BCUT2D eigenvalue weighted by atomic mass is 9.99. The van der Waals surface area contributed by atoms with Gasteiger partial charge in [0.15, 0.2) is 0 Å². The van der Waals surface area contributed by atoms with Crippen molar-refractivity contribution in [2.45, 2.75) is 45.1 Å². The number of amides is 1. The molecule has 2 fully saturated rings. The van der Waals surface area contributed by atoms with E-state index in [2.05, 4.69) is 15.0 Å². The van der Waals surface area contributed by atoms with Crippen molar-refractivity contribution in [3.05, 3.63) is 54.0 Å². The second-order valence-electron chi connectivity index (χ2n) is 9.12. The maximum Gasteiger partial charge on any atom is 0.257 e. The van der Waals surface area contributed by atoms with Gasteiger partial charge < -0.3 is 14.5 Å². The molecule has 8 heteroatoms. The van der Waals surface area contributed by atoms with Crippen LogP contribution in [-0.4, -0.2) is 74.8 Å². The zero-order valence-corrected chi connectivity index (χ0v) is 20.0. The largest absolute Gasteiger partial charge is 0.496 e. The minimum Gasteiger partial charge on any atom is -0.496 e. The van der Waals surface area contributed by atoms with Crippen molar-refractivity contribution in [1.82, 2.24) is 29.5 Å². The van der Waals surface area contributed by atoms with Gasteiger partial charge in [-0.15, -0.1) is 0 Å². The Labute approximate surface area is 200 Å². The number of rotatable bonds is 5. The number of ether oxygens (including phenoxy) is 1. The quantitative estimate of drug-likeness (QED) is 0.577. The number of benzene rings is 1. The number of likely N-dealkylation sites (tertiary alicyclic amines) is 2. The maximum atomic E-state index is 13.3. The number of aromatic nitrogens is 4. The second kappa shape index (κ2) is 9.93. The molecule has 3 aromatic rings. The summed E-state index contributed by atoms with van der Waals surface area (Å²) in [7, 11) is 1.64. The van der Waals surface area contributed by atoms with Gasteiger partial charge in [0.2, 0.25) is 0 Å². The third-order valence-electron chi connectivity index (χ3n) is 7.11. The van der Waals surface area contributed by atoms with E-state index in [1.807, 2.05) is 42.2 Å². The summed E-state index contributed by atoms with van der Waals surface area (Å²) >= 11 is 0. The van der Waals surface area contributed by atoms with Crippen LogP contribution in [0.5, 0.6) is 5.75 Å². The monoisotopic (exact) mass is 460 g/mol. The van der Waals surface area contributed by atoms with Crippen molar-refractivity contribution in [3.8, 4) is 23.0 Å². The Bertz CT molecular complexity index is 1150. The van der Waals surface area contributed by atoms with Crippen molar-refractivity contribution >= 4 is 5.91 Å². The highest BCUT2D eigenvalue weighted by Crippen LogP contribution is 2.28. The predicted molar refractivity (Wildman–Crippen MR) is 130 cm³/mol. The summed E-state index contributed by atoms with van der Waals surface area (Å²) in [6.07, 6.45) is 9.40. The lowest BCUT2D eigenvalue weighted by Gasteiger charge is -2.40. The van der Waals surface area contributed by atoms with E-state index in [9.17, 15) is 4.79 Å². The molecule has 0 N–H and O–H groups in total. The second-order valence-corrected chi connectivity index (χ2v) is 9.12. The van der Waals surface area contributed by atoms with Gasteiger partial charge in [0.1, 0.15) is 5.75 Å². The van der Waals surface area contributed by atoms with E-state index in [1.165, 1.54) is 32.4 Å². The van der Waals surface area contributed by atoms with Crippen LogP contribution >= 0.6 is 0 Å². The fraction of sp³-hybridized carbons (Fsp3) is 0.462. The van der Waals surface area contributed by atoms with Gasteiger partial charge in [0, 0.05) is 30.9 Å². The van der Waals surface area contributed by atoms with Crippen molar-refractivity contribution < 1.29 is 9.53 Å². The van der Waals surface area contributed by atoms with Crippen molar-refractivity contribution in [2.75, 3.05) is 33.3 Å². The van der Waals surface area contributed by atoms with Crippen LogP contribution in [0, 0.1) is 6.92 Å². The lowest BCUT2D eigenvalue weighted by molar-refractivity contribution is 0.0589. The number of carbonyl (C=O) groups excluding carboxylic acids is 1. The van der Waals surface area contributed by atoms with Gasteiger partial charge in [0.25, 0.3) is 11.9 Å². The molecular formula is C26H32N6O2. The molecule has 0 bridgehead atoms. The summed E-state index contributed by atoms with van der Waals surface area (Å²) in [5, 5.41) is 4.47. The molecule has 0 saturated carbocycles. The molecule has 0 spiro atoms. The number of hydrogen-bond acceptors (Lipinski definition) is 6. The minimum absolute atomic E-state index is 0.0433. The molecule has 0 radical (unpaired) electrons. The third kappa shape index (κ3) is 4.42. The highest BCUT2D eigenvalue weighted by Gasteiger charge is 2.29. The lowest BCUT2D eigenvalue weighted by Crippen LogP contribution is -2.48. The number of methoxy groups -OCH3 is 1. The van der Waals surface area contributed by atoms with Gasteiger partial charge in [-0.2, -0.15) is 5.10 Å². The third-order valence-corrected chi connectivity index (χ3v) is 7.11. The summed E-state index contributed by atoms with van der Waals surface area (Å²) in [6.45, 7) is 5.91. The van der Waals surface area contributed by atoms with Crippen LogP contribution in [0.2, 0.25) is 0 Å². The molecule has 8 nitrogen and oxygen atoms in total. The van der Waals surface area contributed by atoms with Crippen molar-refractivity contribution in [3.63, 3.8) is 0 Å². The molecule has 34 heavy (non-hydrogen) atoms. The summed E-state index contributed by atoms with van der Waals surface area (Å²) in [5.74, 6) is 1.22. The Kier molecular flexibility index (Phi) is 6.58. The molecular weight excluding hydrogens is 428 g/mol. The van der Waals surface area contributed by atoms with Crippen LogP contribution in [0.15, 0.2) is 42.7 Å². The fourth-order valence-corrected chi connectivity index (χ4v) is 5.17. The number of piperidine rings is 2. The molecule has 2 aromatic heterocycles. The zero-order valence-electron chi connectivity index (χ0n) is 20.0. The fourth-order valence-electron chi connectivity index (χ4n) is 5.17. The first-order valence-corrected chi connectivity index (χ1v) is 12.2. The number of para-hydroxylation sites is 1. The van der Waals surface area contributed by atoms with E-state index >= 15 is 0 Å². The Morgan fingerprint density at radius 3 is 2.56 bits per heavy atom. The SMILES string of the molecule is COc1ccccc1-c1ccnc(-n2ncc(C(=O)N3CCC(N4CCCCC4)CC3)c2C)n1. The van der Waals surface area contributed by atoms with Crippen LogP contribution in [0.3, 0.4) is 0 Å². The average molecular weight is 461 g/mol. The molecule has 4 heterocycles. The van der Waals surface area contributed by atoms with Crippen LogP contribution in [0.4, 0.5) is 0 Å². The van der Waals surface area contributed by atoms with E-state index in [0.717, 1.165) is 48.6 Å². The first kappa shape index (κ1) is 22.5. The van der Waals surface area contributed by atoms with Crippen LogP contribution in [0.25, 0.3) is 17.2 Å². The summed E-state index contributed by atoms with van der Waals surface area (Å²) in [5.41, 5.74) is 2.99. The van der Waals surface area contributed by atoms with E-state index in [1.54, 1.807) is 24.2 Å². The Morgan fingerprint density at radius 2 is 1.79 bits per heavy atom. The molecule has 2 aliphatic heterocycles. The first-order valence-electron chi connectivity index (χ1n) is 12.2. The minimum atomic E-state index is 0.0433. The van der Waals surface area contributed by atoms with Crippen molar-refractivity contribution in [1.29, 1.82) is 0 Å². The highest BCUT2D eigenvalue weighted by molar-refractivity contribution is 5.95. The molecule has 0 atom stereocenters. The first-order chi connectivity index (χ1) is 16.7. The molecule has 178 valence electrons. The number of hydrogen-bond donors (Lipinski definition) is 0. The van der Waals surface area contributed by atoms with Gasteiger partial charge in [-0.3, -0.25) is 4.79 Å². The summed E-state index contributed by atoms with van der Waals surface area (Å²) in [6, 6.07) is 10.2. The topological polar surface area (TPSA) is 76.4 Å². The summed E-state index contributed by atoms with van der Waals surface area (Å²) < 4.78 is 7.13. The molecule has 1 amide bonds.